The van der Waals surface area contributed by atoms with Gasteiger partial charge < -0.3 is 30.6 Å². The number of rotatable bonds is 20. The van der Waals surface area contributed by atoms with Crippen molar-refractivity contribution in [2.45, 2.75) is 116 Å². The summed E-state index contributed by atoms with van der Waals surface area (Å²) >= 11 is 0. The zero-order valence-electron chi connectivity index (χ0n) is 28.9. The third kappa shape index (κ3) is 13.8. The Bertz CT molecular complexity index is 1080. The van der Waals surface area contributed by atoms with Crippen LogP contribution in [0.3, 0.4) is 0 Å². The molecule has 46 heavy (non-hydrogen) atoms. The molecule has 258 valence electrons. The first kappa shape index (κ1) is 39.2. The molecule has 0 saturated heterocycles. The van der Waals surface area contributed by atoms with E-state index in [2.05, 4.69) is 35.3 Å². The Labute approximate surface area is 277 Å². The highest BCUT2D eigenvalue weighted by Gasteiger charge is 2.34. The molecule has 1 fully saturated rings. The number of nitrogens with zero attached hydrogens (tertiary/aromatic N) is 2. The summed E-state index contributed by atoms with van der Waals surface area (Å²) in [6.45, 7) is 11.2. The second-order valence-electron chi connectivity index (χ2n) is 13.4. The summed E-state index contributed by atoms with van der Waals surface area (Å²) < 4.78 is 0. The monoisotopic (exact) mass is 640 g/mol. The molecule has 4 N–H and O–H groups in total. The van der Waals surface area contributed by atoms with Gasteiger partial charge in [-0.15, -0.1) is 12.3 Å². The van der Waals surface area contributed by atoms with Crippen LogP contribution in [0.25, 0.3) is 0 Å². The fourth-order valence-corrected chi connectivity index (χ4v) is 6.34. The van der Waals surface area contributed by atoms with Gasteiger partial charge in [-0.3, -0.25) is 14.4 Å². The van der Waals surface area contributed by atoms with Crippen LogP contribution >= 0.6 is 0 Å². The predicted octanol–water partition coefficient (Wildman–Crippen LogP) is 3.77. The quantitative estimate of drug-likeness (QED) is 0.161. The Morgan fingerprint density at radius 2 is 1.63 bits per heavy atom. The maximum atomic E-state index is 13.8. The Hall–Kier alpha value is -2.93. The largest absolute Gasteiger partial charge is 0.390 e. The summed E-state index contributed by atoms with van der Waals surface area (Å²) in [7, 11) is 1.75. The number of aliphatic hydroxyl groups is 2. The van der Waals surface area contributed by atoms with E-state index in [1.54, 1.807) is 11.9 Å². The highest BCUT2D eigenvalue weighted by Crippen LogP contribution is 2.29. The van der Waals surface area contributed by atoms with Crippen molar-refractivity contribution in [1.82, 2.24) is 20.4 Å². The van der Waals surface area contributed by atoms with Crippen LogP contribution in [0.5, 0.6) is 0 Å². The maximum Gasteiger partial charge on any atom is 0.243 e. The van der Waals surface area contributed by atoms with Gasteiger partial charge >= 0.3 is 0 Å². The molecule has 0 spiro atoms. The van der Waals surface area contributed by atoms with Gasteiger partial charge in [-0.2, -0.15) is 0 Å². The smallest absolute Gasteiger partial charge is 0.243 e. The maximum absolute atomic E-state index is 13.8. The molecule has 0 radical (unpaired) electrons. The molecule has 0 aromatic heterocycles. The number of amides is 3. The van der Waals surface area contributed by atoms with Crippen molar-refractivity contribution in [3.63, 3.8) is 0 Å². The van der Waals surface area contributed by atoms with Crippen molar-refractivity contribution < 1.29 is 24.6 Å². The molecule has 1 aliphatic rings. The van der Waals surface area contributed by atoms with Crippen LogP contribution < -0.4 is 10.6 Å². The lowest BCUT2D eigenvalue weighted by Gasteiger charge is -2.33. The van der Waals surface area contributed by atoms with Crippen molar-refractivity contribution in [1.29, 1.82) is 0 Å². The lowest BCUT2D eigenvalue weighted by atomic mass is 9.82. The fourth-order valence-electron chi connectivity index (χ4n) is 6.34. The van der Waals surface area contributed by atoms with Gasteiger partial charge in [0.05, 0.1) is 18.1 Å². The number of terminal acetylenes is 1. The molecule has 9 nitrogen and oxygen atoms in total. The van der Waals surface area contributed by atoms with E-state index in [1.807, 2.05) is 44.2 Å². The minimum atomic E-state index is -1.15. The Balaban J connectivity index is 2.21. The summed E-state index contributed by atoms with van der Waals surface area (Å²) in [5.74, 6) is 1.24. The van der Waals surface area contributed by atoms with Crippen LogP contribution in [-0.4, -0.2) is 95.3 Å². The topological polar surface area (TPSA) is 122 Å². The van der Waals surface area contributed by atoms with E-state index >= 15 is 0 Å². The molecular weight excluding hydrogens is 580 g/mol. The zero-order chi connectivity index (χ0) is 34.1. The van der Waals surface area contributed by atoms with Crippen molar-refractivity contribution >= 4 is 17.7 Å². The highest BCUT2D eigenvalue weighted by molar-refractivity contribution is 5.91. The van der Waals surface area contributed by atoms with E-state index in [4.69, 9.17) is 6.42 Å². The van der Waals surface area contributed by atoms with Gasteiger partial charge in [0.25, 0.3) is 0 Å². The van der Waals surface area contributed by atoms with Crippen LogP contribution in [0.2, 0.25) is 0 Å². The van der Waals surface area contributed by atoms with E-state index in [-0.39, 0.29) is 24.7 Å². The Kier molecular flexibility index (Phi) is 18.0. The summed E-state index contributed by atoms with van der Waals surface area (Å²) in [6, 6.07) is 7.79. The standard InChI is InChI=1S/C37H60N4O5/c1-7-16-31(37(46)39-32(25-29-19-14-11-15-20-29)35(44)33(42)23-27(4)5)38-36(45)30(24-28-17-12-10-13-18-28)26-34(43)40(6)21-22-41(8-2)9-3/h1,10,12-13,17-18,27,29-33,35,42,44H,8-9,11,14-16,19-26H2,2-6H3,(H,38,45)(H,39,46)/t30?,31-,32-,33-,35+/m0/s1. The molecular formula is C37H60N4O5. The summed E-state index contributed by atoms with van der Waals surface area (Å²) in [6.07, 6.45) is 10.2. The average Bonchev–Trinajstić information content (AvgIpc) is 3.04. The van der Waals surface area contributed by atoms with Gasteiger partial charge in [0, 0.05) is 33.0 Å². The van der Waals surface area contributed by atoms with Gasteiger partial charge in [0.2, 0.25) is 17.7 Å². The van der Waals surface area contributed by atoms with Gasteiger partial charge in [-0.1, -0.05) is 90.1 Å². The van der Waals surface area contributed by atoms with Crippen LogP contribution in [0.15, 0.2) is 30.3 Å². The number of nitrogens with one attached hydrogen (secondary N) is 2. The molecule has 1 aromatic rings. The molecule has 9 heteroatoms. The van der Waals surface area contributed by atoms with Crippen LogP contribution in [0, 0.1) is 30.1 Å². The molecule has 1 saturated carbocycles. The predicted molar refractivity (Wildman–Crippen MR) is 184 cm³/mol. The molecule has 1 unspecified atom stereocenters. The van der Waals surface area contributed by atoms with E-state index in [9.17, 15) is 24.6 Å². The lowest BCUT2D eigenvalue weighted by Crippen LogP contribution is -2.56. The molecule has 1 aromatic carbocycles. The number of aliphatic hydroxyl groups excluding tert-OH is 2. The van der Waals surface area contributed by atoms with Gasteiger partial charge in [0.15, 0.2) is 0 Å². The molecule has 1 aliphatic carbocycles. The molecule has 2 rings (SSSR count). The van der Waals surface area contributed by atoms with E-state index in [1.165, 1.54) is 6.42 Å². The Morgan fingerprint density at radius 1 is 0.978 bits per heavy atom. The SMILES string of the molecule is C#CC[C@H](NC(=O)C(CC(=O)N(C)CCN(CC)CC)Cc1ccccc1)C(=O)N[C@@H](CC1CCCCC1)[C@@H](O)[C@@H](O)CC(C)C. The van der Waals surface area contributed by atoms with Crippen molar-refractivity contribution in [3.8, 4) is 12.3 Å². The van der Waals surface area contributed by atoms with Gasteiger partial charge in [0.1, 0.15) is 12.1 Å². The molecule has 0 aliphatic heterocycles. The van der Waals surface area contributed by atoms with Crippen molar-refractivity contribution in [2.75, 3.05) is 33.2 Å². The first-order valence-electron chi connectivity index (χ1n) is 17.4. The van der Waals surface area contributed by atoms with Gasteiger partial charge in [-0.25, -0.2) is 0 Å². The minimum Gasteiger partial charge on any atom is -0.390 e. The number of benzene rings is 1. The molecule has 5 atom stereocenters. The number of carbonyl (C=O) groups excluding carboxylic acids is 3. The number of hydrogen-bond acceptors (Lipinski definition) is 6. The number of likely N-dealkylation sites (N-methyl/N-ethyl adjacent to an activating group) is 2. The van der Waals surface area contributed by atoms with E-state index < -0.39 is 42.0 Å². The second kappa shape index (κ2) is 21.0. The summed E-state index contributed by atoms with van der Waals surface area (Å²) in [5, 5.41) is 27.8. The minimum absolute atomic E-state index is 0.00964. The zero-order valence-corrected chi connectivity index (χ0v) is 28.9. The van der Waals surface area contributed by atoms with Crippen molar-refractivity contribution in [2.24, 2.45) is 17.8 Å². The number of carbonyl (C=O) groups is 3. The third-order valence-electron chi connectivity index (χ3n) is 9.30. The van der Waals surface area contributed by atoms with Crippen LogP contribution in [0.1, 0.15) is 91.0 Å². The Morgan fingerprint density at radius 3 is 2.22 bits per heavy atom. The van der Waals surface area contributed by atoms with Crippen molar-refractivity contribution in [3.05, 3.63) is 35.9 Å². The second-order valence-corrected chi connectivity index (χ2v) is 13.4. The molecule has 3 amide bonds. The normalized spacial score (nSPS) is 17.0. The molecule has 0 bridgehead atoms. The lowest BCUT2D eigenvalue weighted by molar-refractivity contribution is -0.137. The van der Waals surface area contributed by atoms with E-state index in [0.717, 1.165) is 50.9 Å². The average molecular weight is 641 g/mol. The van der Waals surface area contributed by atoms with Crippen LogP contribution in [-0.2, 0) is 20.8 Å². The van der Waals surface area contributed by atoms with Gasteiger partial charge in [-0.05, 0) is 49.8 Å². The molecule has 0 heterocycles. The first-order chi connectivity index (χ1) is 22.0. The first-order valence-corrected chi connectivity index (χ1v) is 17.4. The highest BCUT2D eigenvalue weighted by atomic mass is 16.3. The summed E-state index contributed by atoms with van der Waals surface area (Å²) in [5.41, 5.74) is 0.911. The summed E-state index contributed by atoms with van der Waals surface area (Å²) in [4.78, 5) is 44.7. The third-order valence-corrected chi connectivity index (χ3v) is 9.30. The number of hydrogen-bond donors (Lipinski definition) is 4. The van der Waals surface area contributed by atoms with Crippen LogP contribution in [0.4, 0.5) is 0 Å². The van der Waals surface area contributed by atoms with E-state index in [0.29, 0.717) is 31.7 Å². The fraction of sp³-hybridized carbons (Fsp3) is 0.703.